The van der Waals surface area contributed by atoms with Gasteiger partial charge in [0.1, 0.15) is 0 Å². The second kappa shape index (κ2) is 9.39. The summed E-state index contributed by atoms with van der Waals surface area (Å²) in [4.78, 5) is 12.4. The molecule has 0 atom stereocenters. The summed E-state index contributed by atoms with van der Waals surface area (Å²) in [7, 11) is 0. The minimum Gasteiger partial charge on any atom is -0.325 e. The minimum absolute atomic E-state index is 0.0595. The maximum absolute atomic E-state index is 12.4. The fourth-order valence-corrected chi connectivity index (χ4v) is 4.03. The molecule has 0 unspecified atom stereocenters. The van der Waals surface area contributed by atoms with Crippen molar-refractivity contribution in [3.8, 4) is 11.4 Å². The van der Waals surface area contributed by atoms with Gasteiger partial charge in [0, 0.05) is 22.3 Å². The van der Waals surface area contributed by atoms with Crippen LogP contribution < -0.4 is 5.32 Å². The van der Waals surface area contributed by atoms with Gasteiger partial charge in [0.05, 0.1) is 5.75 Å². The Morgan fingerprint density at radius 3 is 2.61 bits per heavy atom. The summed E-state index contributed by atoms with van der Waals surface area (Å²) in [6.45, 7) is 7.09. The molecule has 0 radical (unpaired) electrons. The average molecular weight is 459 g/mol. The first-order valence-electron chi connectivity index (χ1n) is 9.11. The maximum atomic E-state index is 12.4. The Hall–Kier alpha value is -2.12. The summed E-state index contributed by atoms with van der Waals surface area (Å²) in [6.07, 6.45) is 0. The number of hydrogen-bond donors (Lipinski definition) is 1. The van der Waals surface area contributed by atoms with E-state index in [1.54, 1.807) is 0 Å². The van der Waals surface area contributed by atoms with Gasteiger partial charge in [0.25, 0.3) is 0 Å². The third-order valence-electron chi connectivity index (χ3n) is 4.09. The van der Waals surface area contributed by atoms with Crippen molar-refractivity contribution in [2.45, 2.75) is 32.5 Å². The van der Waals surface area contributed by atoms with Gasteiger partial charge in [-0.15, -0.1) is 10.2 Å². The molecule has 3 rings (SSSR count). The molecule has 0 fully saturated rings. The van der Waals surface area contributed by atoms with E-state index >= 15 is 0 Å². The van der Waals surface area contributed by atoms with Crippen LogP contribution >= 0.6 is 27.7 Å². The first kappa shape index (κ1) is 20.6. The predicted molar refractivity (Wildman–Crippen MR) is 119 cm³/mol. The quantitative estimate of drug-likeness (QED) is 0.481. The van der Waals surface area contributed by atoms with Crippen molar-refractivity contribution in [3.05, 3.63) is 58.6 Å². The molecule has 0 saturated heterocycles. The predicted octanol–water partition coefficient (Wildman–Crippen LogP) is 5.40. The minimum atomic E-state index is -0.0595. The standard InChI is InChI=1S/C21H23BrN4OS/c1-14(2)12-26-20(16-7-5-4-6-8-16)24-25-21(26)28-13-19(27)23-18-10-9-17(22)11-15(18)3/h4-11,14H,12-13H2,1-3H3,(H,23,27). The summed E-state index contributed by atoms with van der Waals surface area (Å²) in [5, 5.41) is 12.5. The van der Waals surface area contributed by atoms with Crippen LogP contribution in [0.2, 0.25) is 0 Å². The van der Waals surface area contributed by atoms with Crippen LogP contribution in [0, 0.1) is 12.8 Å². The number of carbonyl (C=O) groups is 1. The number of nitrogens with one attached hydrogen (secondary N) is 1. The average Bonchev–Trinajstić information content (AvgIpc) is 3.05. The van der Waals surface area contributed by atoms with Crippen molar-refractivity contribution < 1.29 is 4.79 Å². The van der Waals surface area contributed by atoms with Crippen LogP contribution in [-0.4, -0.2) is 26.4 Å². The van der Waals surface area contributed by atoms with Gasteiger partial charge >= 0.3 is 0 Å². The summed E-state index contributed by atoms with van der Waals surface area (Å²) in [5.41, 5.74) is 2.86. The molecule has 1 aromatic heterocycles. The van der Waals surface area contributed by atoms with Gasteiger partial charge in [-0.3, -0.25) is 4.79 Å². The smallest absolute Gasteiger partial charge is 0.234 e. The van der Waals surface area contributed by atoms with Crippen LogP contribution in [0.5, 0.6) is 0 Å². The second-order valence-corrected chi connectivity index (χ2v) is 8.83. The van der Waals surface area contributed by atoms with Crippen LogP contribution in [-0.2, 0) is 11.3 Å². The molecule has 146 valence electrons. The number of halogens is 1. The van der Waals surface area contributed by atoms with E-state index < -0.39 is 0 Å². The molecule has 5 nitrogen and oxygen atoms in total. The Labute approximate surface area is 178 Å². The number of aryl methyl sites for hydroxylation is 1. The maximum Gasteiger partial charge on any atom is 0.234 e. The number of carbonyl (C=O) groups excluding carboxylic acids is 1. The molecule has 2 aromatic carbocycles. The fourth-order valence-electron chi connectivity index (χ4n) is 2.81. The Morgan fingerprint density at radius 1 is 1.18 bits per heavy atom. The molecule has 0 aliphatic carbocycles. The zero-order valence-corrected chi connectivity index (χ0v) is 18.5. The molecule has 0 spiro atoms. The van der Waals surface area contributed by atoms with E-state index in [4.69, 9.17) is 0 Å². The van der Waals surface area contributed by atoms with E-state index in [0.717, 1.165) is 38.8 Å². The van der Waals surface area contributed by atoms with Gasteiger partial charge in [-0.2, -0.15) is 0 Å². The lowest BCUT2D eigenvalue weighted by Gasteiger charge is -2.13. The number of anilines is 1. The highest BCUT2D eigenvalue weighted by atomic mass is 79.9. The molecular weight excluding hydrogens is 436 g/mol. The van der Waals surface area contributed by atoms with Gasteiger partial charge in [-0.1, -0.05) is 71.9 Å². The molecule has 3 aromatic rings. The second-order valence-electron chi connectivity index (χ2n) is 6.97. The number of hydrogen-bond acceptors (Lipinski definition) is 4. The van der Waals surface area contributed by atoms with E-state index in [1.165, 1.54) is 11.8 Å². The van der Waals surface area contributed by atoms with Crippen LogP contribution in [0.25, 0.3) is 11.4 Å². The van der Waals surface area contributed by atoms with Crippen LogP contribution in [0.4, 0.5) is 5.69 Å². The summed E-state index contributed by atoms with van der Waals surface area (Å²) in [5.74, 6) is 1.49. The van der Waals surface area contributed by atoms with Crippen LogP contribution in [0.15, 0.2) is 58.2 Å². The van der Waals surface area contributed by atoms with Gasteiger partial charge in [0.2, 0.25) is 5.91 Å². The van der Waals surface area contributed by atoms with Crippen LogP contribution in [0.3, 0.4) is 0 Å². The van der Waals surface area contributed by atoms with Gasteiger partial charge in [-0.05, 0) is 36.6 Å². The van der Waals surface area contributed by atoms with Crippen molar-refractivity contribution in [1.82, 2.24) is 14.8 Å². The number of amides is 1. The van der Waals surface area contributed by atoms with E-state index in [2.05, 4.69) is 49.9 Å². The topological polar surface area (TPSA) is 59.8 Å². The van der Waals surface area contributed by atoms with Crippen molar-refractivity contribution in [2.75, 3.05) is 11.1 Å². The number of aromatic nitrogens is 3. The highest BCUT2D eigenvalue weighted by Crippen LogP contribution is 2.26. The molecule has 28 heavy (non-hydrogen) atoms. The Morgan fingerprint density at radius 2 is 1.93 bits per heavy atom. The molecule has 0 aliphatic rings. The molecule has 7 heteroatoms. The number of nitrogens with zero attached hydrogens (tertiary/aromatic N) is 3. The number of benzene rings is 2. The first-order valence-corrected chi connectivity index (χ1v) is 10.9. The molecule has 0 aliphatic heterocycles. The zero-order valence-electron chi connectivity index (χ0n) is 16.1. The Balaban J connectivity index is 1.73. The lowest BCUT2D eigenvalue weighted by atomic mass is 10.2. The van der Waals surface area contributed by atoms with E-state index in [9.17, 15) is 4.79 Å². The molecule has 1 N–H and O–H groups in total. The molecule has 0 saturated carbocycles. The molecule has 1 heterocycles. The van der Waals surface area contributed by atoms with Crippen molar-refractivity contribution in [3.63, 3.8) is 0 Å². The Kier molecular flexibility index (Phi) is 6.91. The van der Waals surface area contributed by atoms with Gasteiger partial charge in [-0.25, -0.2) is 0 Å². The van der Waals surface area contributed by atoms with E-state index in [0.29, 0.717) is 5.92 Å². The third kappa shape index (κ3) is 5.23. The van der Waals surface area contributed by atoms with Gasteiger partial charge < -0.3 is 9.88 Å². The number of thioether (sulfide) groups is 1. The monoisotopic (exact) mass is 458 g/mol. The van der Waals surface area contributed by atoms with E-state index in [-0.39, 0.29) is 11.7 Å². The third-order valence-corrected chi connectivity index (χ3v) is 5.55. The highest BCUT2D eigenvalue weighted by Gasteiger charge is 2.16. The summed E-state index contributed by atoms with van der Waals surface area (Å²) >= 11 is 4.85. The lowest BCUT2D eigenvalue weighted by Crippen LogP contribution is -2.16. The number of rotatable bonds is 7. The molecular formula is C21H23BrN4OS. The SMILES string of the molecule is Cc1cc(Br)ccc1NC(=O)CSc1nnc(-c2ccccc2)n1CC(C)C. The van der Waals surface area contributed by atoms with Crippen molar-refractivity contribution in [1.29, 1.82) is 0 Å². The summed E-state index contributed by atoms with van der Waals surface area (Å²) < 4.78 is 3.09. The highest BCUT2D eigenvalue weighted by molar-refractivity contribution is 9.10. The fraction of sp³-hybridized carbons (Fsp3) is 0.286. The lowest BCUT2D eigenvalue weighted by molar-refractivity contribution is -0.113. The summed E-state index contributed by atoms with van der Waals surface area (Å²) in [6, 6.07) is 15.8. The van der Waals surface area contributed by atoms with Crippen LogP contribution in [0.1, 0.15) is 19.4 Å². The molecule has 1 amide bonds. The zero-order chi connectivity index (χ0) is 20.1. The first-order chi connectivity index (χ1) is 13.4. The normalized spacial score (nSPS) is 11.0. The Bertz CT molecular complexity index is 956. The van der Waals surface area contributed by atoms with E-state index in [1.807, 2.05) is 55.5 Å². The molecule has 0 bridgehead atoms. The van der Waals surface area contributed by atoms with Crippen molar-refractivity contribution in [2.24, 2.45) is 5.92 Å². The van der Waals surface area contributed by atoms with Gasteiger partial charge in [0.15, 0.2) is 11.0 Å². The largest absolute Gasteiger partial charge is 0.325 e. The van der Waals surface area contributed by atoms with Crippen molar-refractivity contribution >= 4 is 39.3 Å².